The number of benzene rings is 2. The largest absolute Gasteiger partial charge is 0.465 e. The fraction of sp³-hybridized carbons (Fsp3) is 0.263. The summed E-state index contributed by atoms with van der Waals surface area (Å²) in [4.78, 5) is 11.7. The standard InChI is InChI=1S/C19H21ClN2O2S/c1-4-16(14-8-6-5-7-12(14)2)21-19(25)22-17-11-13(18(23)24-3)9-10-15(17)20/h5-11,16H,4H2,1-3H3,(H2,21,22,25)/t16-/m0/s1. The van der Waals surface area contributed by atoms with Crippen LogP contribution in [0.15, 0.2) is 42.5 Å². The summed E-state index contributed by atoms with van der Waals surface area (Å²) in [5.74, 6) is -0.426. The van der Waals surface area contributed by atoms with Crippen LogP contribution in [-0.4, -0.2) is 18.2 Å². The molecule has 6 heteroatoms. The number of methoxy groups -OCH3 is 1. The number of anilines is 1. The van der Waals surface area contributed by atoms with Crippen LogP contribution in [0.1, 0.15) is 40.9 Å². The number of rotatable bonds is 5. The van der Waals surface area contributed by atoms with Crippen LogP contribution >= 0.6 is 23.8 Å². The van der Waals surface area contributed by atoms with Crippen LogP contribution in [-0.2, 0) is 4.74 Å². The number of aryl methyl sites for hydroxylation is 1. The van der Waals surface area contributed by atoms with Gasteiger partial charge in [-0.25, -0.2) is 4.79 Å². The second-order valence-electron chi connectivity index (χ2n) is 5.60. The molecule has 1 atom stereocenters. The highest BCUT2D eigenvalue weighted by atomic mass is 35.5. The van der Waals surface area contributed by atoms with Crippen LogP contribution in [0.2, 0.25) is 5.02 Å². The predicted molar refractivity (Wildman–Crippen MR) is 106 cm³/mol. The van der Waals surface area contributed by atoms with Gasteiger partial charge < -0.3 is 15.4 Å². The van der Waals surface area contributed by atoms with Gasteiger partial charge in [0.2, 0.25) is 0 Å². The van der Waals surface area contributed by atoms with Gasteiger partial charge >= 0.3 is 5.97 Å². The molecule has 0 fully saturated rings. The molecule has 0 bridgehead atoms. The van der Waals surface area contributed by atoms with Gasteiger partial charge in [0.25, 0.3) is 0 Å². The van der Waals surface area contributed by atoms with Crippen molar-refractivity contribution in [2.24, 2.45) is 0 Å². The van der Waals surface area contributed by atoms with E-state index in [1.165, 1.54) is 18.2 Å². The first kappa shape index (κ1) is 19.2. The molecule has 0 radical (unpaired) electrons. The minimum atomic E-state index is -0.426. The molecular weight excluding hydrogens is 356 g/mol. The highest BCUT2D eigenvalue weighted by Gasteiger charge is 2.14. The zero-order valence-electron chi connectivity index (χ0n) is 14.4. The van der Waals surface area contributed by atoms with Gasteiger partial charge in [0.05, 0.1) is 29.4 Å². The number of carbonyl (C=O) groups excluding carboxylic acids is 1. The third kappa shape index (κ3) is 4.94. The summed E-state index contributed by atoms with van der Waals surface area (Å²) in [5.41, 5.74) is 3.36. The Balaban J connectivity index is 2.14. The van der Waals surface area contributed by atoms with Crippen molar-refractivity contribution >= 4 is 40.6 Å². The van der Waals surface area contributed by atoms with Crippen LogP contribution in [0.3, 0.4) is 0 Å². The Hall–Kier alpha value is -2.11. The Morgan fingerprint density at radius 2 is 2.00 bits per heavy atom. The highest BCUT2D eigenvalue weighted by Crippen LogP contribution is 2.24. The molecule has 0 saturated heterocycles. The summed E-state index contributed by atoms with van der Waals surface area (Å²) in [6.45, 7) is 4.17. The molecule has 132 valence electrons. The first-order chi connectivity index (χ1) is 12.0. The van der Waals surface area contributed by atoms with Crippen LogP contribution < -0.4 is 10.6 Å². The van der Waals surface area contributed by atoms with Crippen molar-refractivity contribution in [3.63, 3.8) is 0 Å². The average molecular weight is 377 g/mol. The molecule has 0 aromatic heterocycles. The molecule has 0 saturated carbocycles. The Labute approximate surface area is 158 Å². The molecule has 2 N–H and O–H groups in total. The first-order valence-corrected chi connectivity index (χ1v) is 8.75. The lowest BCUT2D eigenvalue weighted by molar-refractivity contribution is 0.0601. The Bertz CT molecular complexity index is 780. The van der Waals surface area contributed by atoms with Gasteiger partial charge in [-0.05, 0) is 54.9 Å². The topological polar surface area (TPSA) is 50.4 Å². The number of nitrogens with one attached hydrogen (secondary N) is 2. The van der Waals surface area contributed by atoms with Gasteiger partial charge in [0, 0.05) is 0 Å². The summed E-state index contributed by atoms with van der Waals surface area (Å²) in [6, 6.07) is 13.1. The molecule has 4 nitrogen and oxygen atoms in total. The summed E-state index contributed by atoms with van der Waals surface area (Å²) < 4.78 is 4.73. The monoisotopic (exact) mass is 376 g/mol. The Kier molecular flexibility index (Phi) is 6.79. The van der Waals surface area contributed by atoms with Gasteiger partial charge in [0.15, 0.2) is 5.11 Å². The summed E-state index contributed by atoms with van der Waals surface area (Å²) in [7, 11) is 1.34. The number of hydrogen-bond acceptors (Lipinski definition) is 3. The third-order valence-corrected chi connectivity index (χ3v) is 4.46. The van der Waals surface area contributed by atoms with E-state index in [1.807, 2.05) is 12.1 Å². The minimum Gasteiger partial charge on any atom is -0.465 e. The van der Waals surface area contributed by atoms with E-state index in [9.17, 15) is 4.79 Å². The molecule has 2 aromatic rings. The molecule has 25 heavy (non-hydrogen) atoms. The van der Waals surface area contributed by atoms with E-state index in [0.29, 0.717) is 21.4 Å². The molecule has 2 aromatic carbocycles. The van der Waals surface area contributed by atoms with Crippen LogP contribution in [0, 0.1) is 6.92 Å². The van der Waals surface area contributed by atoms with E-state index in [-0.39, 0.29) is 6.04 Å². The molecule has 0 spiro atoms. The lowest BCUT2D eigenvalue weighted by Crippen LogP contribution is -2.32. The SMILES string of the molecule is CC[C@H](NC(=S)Nc1cc(C(=O)OC)ccc1Cl)c1ccccc1C. The fourth-order valence-corrected chi connectivity index (χ4v) is 2.98. The lowest BCUT2D eigenvalue weighted by atomic mass is 10.00. The maximum atomic E-state index is 11.7. The zero-order valence-corrected chi connectivity index (χ0v) is 16.0. The molecule has 0 aliphatic heterocycles. The first-order valence-electron chi connectivity index (χ1n) is 7.97. The highest BCUT2D eigenvalue weighted by molar-refractivity contribution is 7.80. The van der Waals surface area contributed by atoms with Crippen molar-refractivity contribution in [3.8, 4) is 0 Å². The molecule has 0 amide bonds. The van der Waals surface area contributed by atoms with Gasteiger partial charge in [-0.2, -0.15) is 0 Å². The quantitative estimate of drug-likeness (QED) is 0.575. The van der Waals surface area contributed by atoms with Crippen molar-refractivity contribution < 1.29 is 9.53 Å². The third-order valence-electron chi connectivity index (χ3n) is 3.91. The summed E-state index contributed by atoms with van der Waals surface area (Å²) >= 11 is 11.6. The van der Waals surface area contributed by atoms with E-state index in [2.05, 4.69) is 36.6 Å². The molecule has 2 rings (SSSR count). The summed E-state index contributed by atoms with van der Waals surface area (Å²) in [6.07, 6.45) is 0.878. The number of hydrogen-bond donors (Lipinski definition) is 2. The van der Waals surface area contributed by atoms with Gasteiger partial charge in [-0.1, -0.05) is 42.8 Å². The smallest absolute Gasteiger partial charge is 0.337 e. The molecule has 0 aliphatic carbocycles. The Morgan fingerprint density at radius 3 is 2.64 bits per heavy atom. The number of thiocarbonyl (C=S) groups is 1. The Morgan fingerprint density at radius 1 is 1.28 bits per heavy atom. The average Bonchev–Trinajstić information content (AvgIpc) is 2.61. The van der Waals surface area contributed by atoms with Crippen molar-refractivity contribution in [2.75, 3.05) is 12.4 Å². The molecule has 0 aliphatic rings. The van der Waals surface area contributed by atoms with Crippen LogP contribution in [0.5, 0.6) is 0 Å². The van der Waals surface area contributed by atoms with E-state index >= 15 is 0 Å². The molecular formula is C19H21ClN2O2S. The second-order valence-corrected chi connectivity index (χ2v) is 6.42. The van der Waals surface area contributed by atoms with Crippen LogP contribution in [0.25, 0.3) is 0 Å². The molecule has 0 unspecified atom stereocenters. The lowest BCUT2D eigenvalue weighted by Gasteiger charge is -2.22. The van der Waals surface area contributed by atoms with Crippen molar-refractivity contribution in [2.45, 2.75) is 26.3 Å². The van der Waals surface area contributed by atoms with Crippen molar-refractivity contribution in [1.29, 1.82) is 0 Å². The fourth-order valence-electron chi connectivity index (χ4n) is 2.56. The van der Waals surface area contributed by atoms with E-state index in [0.717, 1.165) is 6.42 Å². The molecule has 0 heterocycles. The minimum absolute atomic E-state index is 0.0868. The summed E-state index contributed by atoms with van der Waals surface area (Å²) in [5, 5.41) is 7.29. The van der Waals surface area contributed by atoms with Gasteiger partial charge in [0.1, 0.15) is 0 Å². The van der Waals surface area contributed by atoms with E-state index in [4.69, 9.17) is 28.6 Å². The number of ether oxygens (including phenoxy) is 1. The second kappa shape index (κ2) is 8.83. The van der Waals surface area contributed by atoms with Gasteiger partial charge in [-0.15, -0.1) is 0 Å². The van der Waals surface area contributed by atoms with Crippen LogP contribution in [0.4, 0.5) is 5.69 Å². The number of carbonyl (C=O) groups is 1. The number of halogens is 1. The van der Waals surface area contributed by atoms with Crippen molar-refractivity contribution in [1.82, 2.24) is 5.32 Å². The van der Waals surface area contributed by atoms with E-state index < -0.39 is 5.97 Å². The zero-order chi connectivity index (χ0) is 18.4. The maximum absolute atomic E-state index is 11.7. The van der Waals surface area contributed by atoms with Gasteiger partial charge in [-0.3, -0.25) is 0 Å². The maximum Gasteiger partial charge on any atom is 0.337 e. The van der Waals surface area contributed by atoms with E-state index in [1.54, 1.807) is 18.2 Å². The number of esters is 1. The predicted octanol–water partition coefficient (Wildman–Crippen LogP) is 4.87. The normalized spacial score (nSPS) is 11.5. The van der Waals surface area contributed by atoms with Crippen molar-refractivity contribution in [3.05, 3.63) is 64.2 Å².